The van der Waals surface area contributed by atoms with Crippen molar-refractivity contribution < 1.29 is 0 Å². The van der Waals surface area contributed by atoms with E-state index < -0.39 is 0 Å². The number of hydrogen-bond acceptors (Lipinski definition) is 4. The number of nitrogens with two attached hydrogens (primary N) is 1. The normalized spacial score (nSPS) is 19.0. The number of aromatic nitrogens is 1. The van der Waals surface area contributed by atoms with Crippen LogP contribution in [0.5, 0.6) is 0 Å². The molecule has 4 heteroatoms. The van der Waals surface area contributed by atoms with E-state index in [1.54, 1.807) is 11.3 Å². The highest BCUT2D eigenvalue weighted by Crippen LogP contribution is 2.29. The van der Waals surface area contributed by atoms with E-state index in [0.29, 0.717) is 0 Å². The Balaban J connectivity index is 1.85. The van der Waals surface area contributed by atoms with Crippen molar-refractivity contribution in [3.8, 4) is 0 Å². The van der Waals surface area contributed by atoms with E-state index in [-0.39, 0.29) is 5.54 Å². The van der Waals surface area contributed by atoms with Gasteiger partial charge in [0, 0.05) is 17.5 Å². The summed E-state index contributed by atoms with van der Waals surface area (Å²) in [5, 5.41) is 6.44. The van der Waals surface area contributed by atoms with Gasteiger partial charge in [-0.15, -0.1) is 11.3 Å². The maximum Gasteiger partial charge on any atom is 0.182 e. The number of nitrogens with one attached hydrogen (secondary N) is 1. The van der Waals surface area contributed by atoms with Gasteiger partial charge in [0.15, 0.2) is 5.13 Å². The first-order valence-corrected chi connectivity index (χ1v) is 6.07. The summed E-state index contributed by atoms with van der Waals surface area (Å²) < 4.78 is 0. The first kappa shape index (κ1) is 9.93. The molecular formula is C10H17N3S. The van der Waals surface area contributed by atoms with Crippen LogP contribution in [0.1, 0.15) is 31.9 Å². The van der Waals surface area contributed by atoms with Crippen molar-refractivity contribution in [2.45, 2.75) is 38.1 Å². The minimum absolute atomic E-state index is 0.0397. The quantitative estimate of drug-likeness (QED) is 0.801. The minimum Gasteiger partial charge on any atom is -0.360 e. The van der Waals surface area contributed by atoms with E-state index in [4.69, 9.17) is 5.73 Å². The van der Waals surface area contributed by atoms with Crippen LogP contribution in [0.3, 0.4) is 0 Å². The number of rotatable bonds is 4. The molecule has 78 valence electrons. The van der Waals surface area contributed by atoms with Crippen LogP contribution in [0.25, 0.3) is 0 Å². The van der Waals surface area contributed by atoms with Crippen LogP contribution in [0, 0.1) is 0 Å². The molecular weight excluding hydrogens is 194 g/mol. The summed E-state index contributed by atoms with van der Waals surface area (Å²) in [6.45, 7) is 2.98. The average molecular weight is 211 g/mol. The summed E-state index contributed by atoms with van der Waals surface area (Å²) in [5.41, 5.74) is 7.31. The summed E-state index contributed by atoms with van der Waals surface area (Å²) >= 11 is 1.67. The molecule has 1 aliphatic rings. The third-order valence-corrected chi connectivity index (χ3v) is 3.70. The van der Waals surface area contributed by atoms with Gasteiger partial charge in [-0.05, 0) is 25.7 Å². The molecule has 14 heavy (non-hydrogen) atoms. The van der Waals surface area contributed by atoms with Crippen molar-refractivity contribution in [3.05, 3.63) is 11.1 Å². The summed E-state index contributed by atoms with van der Waals surface area (Å²) in [6, 6.07) is 0. The Labute approximate surface area is 88.7 Å². The summed E-state index contributed by atoms with van der Waals surface area (Å²) in [7, 11) is 0. The molecule has 0 amide bonds. The fourth-order valence-electron chi connectivity index (χ4n) is 1.61. The molecule has 2 rings (SSSR count). The molecule has 3 N–H and O–H groups in total. The first-order valence-electron chi connectivity index (χ1n) is 5.19. The largest absolute Gasteiger partial charge is 0.360 e. The van der Waals surface area contributed by atoms with Crippen LogP contribution in [-0.4, -0.2) is 17.1 Å². The molecule has 0 spiro atoms. The second-order valence-electron chi connectivity index (χ2n) is 4.07. The lowest BCUT2D eigenvalue weighted by atomic mass is 9.78. The second-order valence-corrected chi connectivity index (χ2v) is 4.93. The van der Waals surface area contributed by atoms with Crippen molar-refractivity contribution in [1.29, 1.82) is 0 Å². The van der Waals surface area contributed by atoms with Gasteiger partial charge in [0.1, 0.15) is 0 Å². The van der Waals surface area contributed by atoms with Gasteiger partial charge in [-0.2, -0.15) is 0 Å². The first-order chi connectivity index (χ1) is 6.72. The molecule has 1 saturated carbocycles. The van der Waals surface area contributed by atoms with Crippen molar-refractivity contribution in [2.75, 3.05) is 11.9 Å². The topological polar surface area (TPSA) is 50.9 Å². The number of aryl methyl sites for hydroxylation is 1. The van der Waals surface area contributed by atoms with Crippen molar-refractivity contribution in [1.82, 2.24) is 4.98 Å². The lowest BCUT2D eigenvalue weighted by Gasteiger charge is -2.38. The molecule has 1 aromatic rings. The fourth-order valence-corrected chi connectivity index (χ4v) is 2.40. The molecule has 0 atom stereocenters. The highest BCUT2D eigenvalue weighted by atomic mass is 32.1. The smallest absolute Gasteiger partial charge is 0.182 e. The monoisotopic (exact) mass is 211 g/mol. The van der Waals surface area contributed by atoms with Crippen LogP contribution < -0.4 is 11.1 Å². The van der Waals surface area contributed by atoms with E-state index in [1.165, 1.54) is 6.42 Å². The third kappa shape index (κ3) is 2.07. The molecule has 1 aromatic heterocycles. The van der Waals surface area contributed by atoms with E-state index in [0.717, 1.165) is 36.6 Å². The molecule has 3 nitrogen and oxygen atoms in total. The maximum absolute atomic E-state index is 6.10. The molecule has 0 aliphatic heterocycles. The number of anilines is 1. The SMILES string of the molecule is CCc1csc(NCC2(N)CCC2)n1. The lowest BCUT2D eigenvalue weighted by molar-refractivity contribution is 0.265. The molecule has 0 saturated heterocycles. The van der Waals surface area contributed by atoms with Gasteiger partial charge in [0.25, 0.3) is 0 Å². The van der Waals surface area contributed by atoms with E-state index in [9.17, 15) is 0 Å². The van der Waals surface area contributed by atoms with Crippen LogP contribution in [0.4, 0.5) is 5.13 Å². The minimum atomic E-state index is 0.0397. The summed E-state index contributed by atoms with van der Waals surface area (Å²) in [4.78, 5) is 4.44. The molecule has 1 fully saturated rings. The zero-order valence-electron chi connectivity index (χ0n) is 8.55. The van der Waals surface area contributed by atoms with Gasteiger partial charge in [-0.25, -0.2) is 4.98 Å². The Bertz CT molecular complexity index is 304. The number of nitrogens with zero attached hydrogens (tertiary/aromatic N) is 1. The predicted molar refractivity (Wildman–Crippen MR) is 60.8 cm³/mol. The standard InChI is InChI=1S/C10H17N3S/c1-2-8-6-14-9(13-8)12-7-10(11)4-3-5-10/h6H,2-5,7,11H2,1H3,(H,12,13). The van der Waals surface area contributed by atoms with Gasteiger partial charge in [0.2, 0.25) is 0 Å². The zero-order chi connectivity index (χ0) is 10.0. The zero-order valence-corrected chi connectivity index (χ0v) is 9.36. The Morgan fingerprint density at radius 1 is 1.64 bits per heavy atom. The third-order valence-electron chi connectivity index (χ3n) is 2.85. The molecule has 0 bridgehead atoms. The Hall–Kier alpha value is -0.610. The van der Waals surface area contributed by atoms with Crippen LogP contribution in [0.15, 0.2) is 5.38 Å². The molecule has 0 aromatic carbocycles. The Kier molecular flexibility index (Phi) is 2.74. The van der Waals surface area contributed by atoms with E-state index in [1.807, 2.05) is 0 Å². The molecule has 0 radical (unpaired) electrons. The van der Waals surface area contributed by atoms with Crippen LogP contribution >= 0.6 is 11.3 Å². The maximum atomic E-state index is 6.10. The van der Waals surface area contributed by atoms with Crippen LogP contribution in [0.2, 0.25) is 0 Å². The number of hydrogen-bond donors (Lipinski definition) is 2. The Morgan fingerprint density at radius 2 is 2.43 bits per heavy atom. The van der Waals surface area contributed by atoms with Crippen molar-refractivity contribution in [2.24, 2.45) is 5.73 Å². The van der Waals surface area contributed by atoms with Gasteiger partial charge in [-0.3, -0.25) is 0 Å². The van der Waals surface area contributed by atoms with E-state index in [2.05, 4.69) is 22.6 Å². The number of thiazole rings is 1. The second kappa shape index (κ2) is 3.87. The molecule has 0 unspecified atom stereocenters. The van der Waals surface area contributed by atoms with Crippen molar-refractivity contribution >= 4 is 16.5 Å². The summed E-state index contributed by atoms with van der Waals surface area (Å²) in [6.07, 6.45) is 4.57. The predicted octanol–water partition coefficient (Wildman–Crippen LogP) is 2.00. The van der Waals surface area contributed by atoms with E-state index >= 15 is 0 Å². The van der Waals surface area contributed by atoms with Crippen molar-refractivity contribution in [3.63, 3.8) is 0 Å². The van der Waals surface area contributed by atoms with Gasteiger partial charge < -0.3 is 11.1 Å². The molecule has 1 heterocycles. The average Bonchev–Trinajstić information content (AvgIpc) is 2.59. The molecule has 1 aliphatic carbocycles. The highest BCUT2D eigenvalue weighted by molar-refractivity contribution is 7.13. The lowest BCUT2D eigenvalue weighted by Crippen LogP contribution is -2.51. The Morgan fingerprint density at radius 3 is 2.93 bits per heavy atom. The summed E-state index contributed by atoms with van der Waals surface area (Å²) in [5.74, 6) is 0. The van der Waals surface area contributed by atoms with Gasteiger partial charge >= 0.3 is 0 Å². The highest BCUT2D eigenvalue weighted by Gasteiger charge is 2.32. The van der Waals surface area contributed by atoms with Gasteiger partial charge in [0.05, 0.1) is 5.69 Å². The fraction of sp³-hybridized carbons (Fsp3) is 0.700. The van der Waals surface area contributed by atoms with Gasteiger partial charge in [-0.1, -0.05) is 6.92 Å². The van der Waals surface area contributed by atoms with Crippen LogP contribution in [-0.2, 0) is 6.42 Å².